The molecule has 7 nitrogen and oxygen atoms in total. The average Bonchev–Trinajstić information content (AvgIpc) is 3.18. The molecule has 1 aliphatic heterocycles. The van der Waals surface area contributed by atoms with Crippen LogP contribution in [0.25, 0.3) is 0 Å². The van der Waals surface area contributed by atoms with Crippen LogP contribution in [-0.4, -0.2) is 45.1 Å². The van der Waals surface area contributed by atoms with Crippen molar-refractivity contribution < 1.29 is 23.7 Å². The Morgan fingerprint density at radius 1 is 0.966 bits per heavy atom. The highest BCUT2D eigenvalue weighted by Crippen LogP contribution is 2.41. The van der Waals surface area contributed by atoms with E-state index in [1.165, 1.54) is 11.9 Å². The molecule has 0 saturated carbocycles. The molecule has 0 spiro atoms. The molecule has 1 unspecified atom stereocenters. The molecule has 1 amide bonds. The Hall–Kier alpha value is -3.22. The lowest BCUT2D eigenvalue weighted by Gasteiger charge is -2.21. The van der Waals surface area contributed by atoms with Gasteiger partial charge >= 0.3 is 0 Å². The molecule has 0 aromatic heterocycles. The monoisotopic (exact) mass is 398 g/mol. The Kier molecular flexibility index (Phi) is 5.96. The van der Waals surface area contributed by atoms with Crippen LogP contribution in [-0.2, 0) is 4.79 Å². The predicted molar refractivity (Wildman–Crippen MR) is 110 cm³/mol. The Morgan fingerprint density at radius 3 is 2.07 bits per heavy atom. The van der Waals surface area contributed by atoms with E-state index in [0.29, 0.717) is 23.7 Å². The molecule has 2 aromatic rings. The summed E-state index contributed by atoms with van der Waals surface area (Å²) in [6.45, 7) is 3.50. The Morgan fingerprint density at radius 2 is 1.59 bits per heavy atom. The Bertz CT molecular complexity index is 929. The third-order valence-corrected chi connectivity index (χ3v) is 5.03. The maximum Gasteiger partial charge on any atom is 0.240 e. The first-order valence-electron chi connectivity index (χ1n) is 9.25. The van der Waals surface area contributed by atoms with Gasteiger partial charge in [0.05, 0.1) is 40.2 Å². The van der Waals surface area contributed by atoms with Gasteiger partial charge in [-0.15, -0.1) is 0 Å². The zero-order chi connectivity index (χ0) is 21.1. The van der Waals surface area contributed by atoms with E-state index in [9.17, 15) is 4.79 Å². The van der Waals surface area contributed by atoms with Crippen molar-refractivity contribution in [3.63, 3.8) is 0 Å². The van der Waals surface area contributed by atoms with Gasteiger partial charge in [-0.2, -0.15) is 5.10 Å². The molecular formula is C22H26N2O5. The molecule has 3 rings (SSSR count). The molecule has 7 heteroatoms. The first-order valence-corrected chi connectivity index (χ1v) is 9.25. The summed E-state index contributed by atoms with van der Waals surface area (Å²) in [4.78, 5) is 12.3. The third-order valence-electron chi connectivity index (χ3n) is 5.03. The molecular weight excluding hydrogens is 372 g/mol. The summed E-state index contributed by atoms with van der Waals surface area (Å²) in [5, 5.41) is 6.14. The number of hydrazone groups is 1. The number of carbonyl (C=O) groups is 1. The van der Waals surface area contributed by atoms with Gasteiger partial charge in [-0.25, -0.2) is 5.01 Å². The molecule has 2 aromatic carbocycles. The van der Waals surface area contributed by atoms with Crippen LogP contribution in [0, 0.1) is 6.92 Å². The van der Waals surface area contributed by atoms with E-state index in [1.54, 1.807) is 28.4 Å². The van der Waals surface area contributed by atoms with Crippen molar-refractivity contribution >= 4 is 11.6 Å². The number of aryl methyl sites for hydroxylation is 1. The minimum absolute atomic E-state index is 0.120. The van der Waals surface area contributed by atoms with Gasteiger partial charge in [0.2, 0.25) is 11.7 Å². The smallest absolute Gasteiger partial charge is 0.240 e. The second kappa shape index (κ2) is 8.43. The lowest BCUT2D eigenvalue weighted by atomic mass is 9.96. The molecule has 0 saturated heterocycles. The third kappa shape index (κ3) is 3.85. The standard InChI is InChI=1S/C22H26N2O5/c1-13-9-15(7-8-19(13)26-3)18-12-17(23-24(18)14(2)25)16-10-20(27-4)22(29-6)21(11-16)28-5/h7-11,18H,12H2,1-6H3. The zero-order valence-corrected chi connectivity index (χ0v) is 17.6. The van der Waals surface area contributed by atoms with Crippen LogP contribution in [0.5, 0.6) is 23.0 Å². The maximum absolute atomic E-state index is 12.3. The first kappa shape index (κ1) is 20.5. The number of benzene rings is 2. The predicted octanol–water partition coefficient (Wildman–Crippen LogP) is 3.73. The van der Waals surface area contributed by atoms with Gasteiger partial charge in [0, 0.05) is 18.9 Å². The maximum atomic E-state index is 12.3. The largest absolute Gasteiger partial charge is 0.496 e. The number of rotatable bonds is 6. The molecule has 1 aliphatic rings. The van der Waals surface area contributed by atoms with Crippen LogP contribution in [0.1, 0.15) is 36.1 Å². The summed E-state index contributed by atoms with van der Waals surface area (Å²) >= 11 is 0. The highest BCUT2D eigenvalue weighted by atomic mass is 16.5. The highest BCUT2D eigenvalue weighted by molar-refractivity contribution is 6.04. The minimum Gasteiger partial charge on any atom is -0.496 e. The fourth-order valence-corrected chi connectivity index (χ4v) is 3.59. The Labute approximate surface area is 170 Å². The molecule has 0 bridgehead atoms. The highest BCUT2D eigenvalue weighted by Gasteiger charge is 2.32. The van der Waals surface area contributed by atoms with Crippen LogP contribution >= 0.6 is 0 Å². The van der Waals surface area contributed by atoms with Gasteiger partial charge in [-0.3, -0.25) is 4.79 Å². The van der Waals surface area contributed by atoms with E-state index >= 15 is 0 Å². The summed E-state index contributed by atoms with van der Waals surface area (Å²) < 4.78 is 21.6. The summed E-state index contributed by atoms with van der Waals surface area (Å²) in [6.07, 6.45) is 0.573. The van der Waals surface area contributed by atoms with Crippen LogP contribution in [0.2, 0.25) is 0 Å². The van der Waals surface area contributed by atoms with Crippen LogP contribution < -0.4 is 18.9 Å². The summed E-state index contributed by atoms with van der Waals surface area (Å²) in [5.41, 5.74) is 3.61. The molecule has 29 heavy (non-hydrogen) atoms. The fraction of sp³-hybridized carbons (Fsp3) is 0.364. The first-order chi connectivity index (χ1) is 13.9. The van der Waals surface area contributed by atoms with Crippen molar-refractivity contribution in [2.45, 2.75) is 26.3 Å². The quantitative estimate of drug-likeness (QED) is 0.742. The van der Waals surface area contributed by atoms with Crippen molar-refractivity contribution in [3.05, 3.63) is 47.0 Å². The van der Waals surface area contributed by atoms with Crippen LogP contribution in [0.15, 0.2) is 35.4 Å². The summed E-state index contributed by atoms with van der Waals surface area (Å²) in [6, 6.07) is 9.43. The normalized spacial score (nSPS) is 15.7. The topological polar surface area (TPSA) is 69.6 Å². The van der Waals surface area contributed by atoms with Crippen molar-refractivity contribution in [1.29, 1.82) is 0 Å². The van der Waals surface area contributed by atoms with Gasteiger partial charge in [0.1, 0.15) is 5.75 Å². The number of nitrogens with zero attached hydrogens (tertiary/aromatic N) is 2. The molecule has 154 valence electrons. The second-order valence-corrected chi connectivity index (χ2v) is 6.77. The summed E-state index contributed by atoms with van der Waals surface area (Å²) in [5.74, 6) is 2.30. The molecule has 1 atom stereocenters. The molecule has 0 aliphatic carbocycles. The van der Waals surface area contributed by atoms with Crippen molar-refractivity contribution in [2.24, 2.45) is 5.10 Å². The molecule has 0 radical (unpaired) electrons. The van der Waals surface area contributed by atoms with Gasteiger partial charge < -0.3 is 18.9 Å². The van der Waals surface area contributed by atoms with Gasteiger partial charge in [-0.1, -0.05) is 12.1 Å². The number of amides is 1. The molecule has 0 fully saturated rings. The minimum atomic E-state index is -0.189. The number of carbonyl (C=O) groups excluding carboxylic acids is 1. The van der Waals surface area contributed by atoms with E-state index in [1.807, 2.05) is 37.3 Å². The van der Waals surface area contributed by atoms with E-state index < -0.39 is 0 Å². The van der Waals surface area contributed by atoms with Crippen LogP contribution in [0.3, 0.4) is 0 Å². The number of methoxy groups -OCH3 is 4. The number of hydrogen-bond acceptors (Lipinski definition) is 6. The van der Waals surface area contributed by atoms with Crippen molar-refractivity contribution in [2.75, 3.05) is 28.4 Å². The molecule has 1 heterocycles. The summed E-state index contributed by atoms with van der Waals surface area (Å²) in [7, 11) is 6.35. The lowest BCUT2D eigenvalue weighted by Crippen LogP contribution is -2.24. The van der Waals surface area contributed by atoms with E-state index in [2.05, 4.69) is 5.10 Å². The van der Waals surface area contributed by atoms with Gasteiger partial charge in [0.15, 0.2) is 11.5 Å². The van der Waals surface area contributed by atoms with Crippen LogP contribution in [0.4, 0.5) is 0 Å². The SMILES string of the molecule is COc1ccc(C2CC(c3cc(OC)c(OC)c(OC)c3)=NN2C(C)=O)cc1C. The Balaban J connectivity index is 2.01. The zero-order valence-electron chi connectivity index (χ0n) is 17.6. The second-order valence-electron chi connectivity index (χ2n) is 6.77. The number of ether oxygens (including phenoxy) is 4. The van der Waals surface area contributed by atoms with E-state index in [4.69, 9.17) is 18.9 Å². The van der Waals surface area contributed by atoms with E-state index in [-0.39, 0.29) is 11.9 Å². The van der Waals surface area contributed by atoms with Crippen molar-refractivity contribution in [3.8, 4) is 23.0 Å². The van der Waals surface area contributed by atoms with Gasteiger partial charge in [0.25, 0.3) is 0 Å². The molecule has 0 N–H and O–H groups in total. The van der Waals surface area contributed by atoms with E-state index in [0.717, 1.165) is 28.2 Å². The average molecular weight is 398 g/mol. The number of hydrogen-bond donors (Lipinski definition) is 0. The van der Waals surface area contributed by atoms with Crippen molar-refractivity contribution in [1.82, 2.24) is 5.01 Å². The lowest BCUT2D eigenvalue weighted by molar-refractivity contribution is -0.130. The van der Waals surface area contributed by atoms with Gasteiger partial charge in [-0.05, 0) is 36.2 Å². The fourth-order valence-electron chi connectivity index (χ4n) is 3.59.